The van der Waals surface area contributed by atoms with Gasteiger partial charge in [0.2, 0.25) is 10.0 Å². The second-order valence-electron chi connectivity index (χ2n) is 6.70. The molecule has 1 aromatic heterocycles. The van der Waals surface area contributed by atoms with E-state index in [9.17, 15) is 18.0 Å². The van der Waals surface area contributed by atoms with Crippen molar-refractivity contribution in [2.45, 2.75) is 74.4 Å². The third-order valence-corrected chi connectivity index (χ3v) is 6.46. The molecule has 2 atom stereocenters. The highest BCUT2D eigenvalue weighted by atomic mass is 32.2. The monoisotopic (exact) mass is 356 g/mol. The summed E-state index contributed by atoms with van der Waals surface area (Å²) in [5.74, 6) is 0. The van der Waals surface area contributed by atoms with Crippen LogP contribution in [0.4, 0.5) is 0 Å². The first-order valence-corrected chi connectivity index (χ1v) is 10.0. The number of rotatable bonds is 5. The van der Waals surface area contributed by atoms with E-state index in [1.165, 1.54) is 25.7 Å². The van der Waals surface area contributed by atoms with Crippen molar-refractivity contribution in [3.63, 3.8) is 0 Å². The number of H-pyrrole nitrogens is 2. The lowest BCUT2D eigenvalue weighted by atomic mass is 9.86. The van der Waals surface area contributed by atoms with Gasteiger partial charge in [0, 0.05) is 24.3 Å². The Morgan fingerprint density at radius 1 is 0.958 bits per heavy atom. The summed E-state index contributed by atoms with van der Waals surface area (Å²) in [6, 6.07) is 0.329. The van der Waals surface area contributed by atoms with Crippen molar-refractivity contribution in [2.24, 2.45) is 0 Å². The SMILES string of the molecule is O=c1[nH]cc(S(=O)(=O)N[C@@H]2CC[C@@H]2NC2CCCCCC2)c(=O)[nH]1. The van der Waals surface area contributed by atoms with Crippen molar-refractivity contribution in [3.8, 4) is 0 Å². The second-order valence-corrected chi connectivity index (χ2v) is 8.39. The van der Waals surface area contributed by atoms with Crippen molar-refractivity contribution in [1.82, 2.24) is 20.0 Å². The largest absolute Gasteiger partial charge is 0.325 e. The van der Waals surface area contributed by atoms with Gasteiger partial charge in [0.25, 0.3) is 5.56 Å². The molecule has 0 aromatic carbocycles. The molecule has 24 heavy (non-hydrogen) atoms. The van der Waals surface area contributed by atoms with Gasteiger partial charge in [-0.05, 0) is 25.7 Å². The van der Waals surface area contributed by atoms with Gasteiger partial charge in [0.1, 0.15) is 0 Å². The Hall–Kier alpha value is -1.45. The number of sulfonamides is 1. The van der Waals surface area contributed by atoms with Gasteiger partial charge in [-0.1, -0.05) is 25.7 Å². The van der Waals surface area contributed by atoms with Gasteiger partial charge in [0.05, 0.1) is 0 Å². The van der Waals surface area contributed by atoms with Crippen LogP contribution in [0.15, 0.2) is 20.7 Å². The topological polar surface area (TPSA) is 124 Å². The molecule has 0 bridgehead atoms. The van der Waals surface area contributed by atoms with E-state index < -0.39 is 26.2 Å². The molecule has 0 aliphatic heterocycles. The maximum atomic E-state index is 12.4. The predicted molar refractivity (Wildman–Crippen MR) is 89.4 cm³/mol. The van der Waals surface area contributed by atoms with E-state index in [0.717, 1.165) is 31.9 Å². The number of aromatic nitrogens is 2. The zero-order chi connectivity index (χ0) is 17.2. The fourth-order valence-corrected chi connectivity index (χ4v) is 4.77. The minimum atomic E-state index is -3.95. The summed E-state index contributed by atoms with van der Waals surface area (Å²) in [6.07, 6.45) is 9.85. The van der Waals surface area contributed by atoms with E-state index in [1.807, 2.05) is 4.98 Å². The molecular formula is C15H24N4O4S. The predicted octanol–water partition coefficient (Wildman–Crippen LogP) is 0.185. The van der Waals surface area contributed by atoms with Gasteiger partial charge in [-0.25, -0.2) is 17.9 Å². The highest BCUT2D eigenvalue weighted by molar-refractivity contribution is 7.89. The van der Waals surface area contributed by atoms with Crippen molar-refractivity contribution in [2.75, 3.05) is 0 Å². The van der Waals surface area contributed by atoms with Gasteiger partial charge in [-0.3, -0.25) is 9.78 Å². The first-order valence-electron chi connectivity index (χ1n) is 8.56. The van der Waals surface area contributed by atoms with Crippen LogP contribution in [0.2, 0.25) is 0 Å². The summed E-state index contributed by atoms with van der Waals surface area (Å²) in [5, 5.41) is 3.57. The summed E-state index contributed by atoms with van der Waals surface area (Å²) in [4.78, 5) is 26.4. The molecule has 0 unspecified atom stereocenters. The molecular weight excluding hydrogens is 332 g/mol. The van der Waals surface area contributed by atoms with Crippen molar-refractivity contribution in [1.29, 1.82) is 0 Å². The van der Waals surface area contributed by atoms with Crippen LogP contribution in [-0.2, 0) is 10.0 Å². The summed E-state index contributed by atoms with van der Waals surface area (Å²) in [6.45, 7) is 0. The first-order chi connectivity index (χ1) is 11.5. The van der Waals surface area contributed by atoms with E-state index in [2.05, 4.69) is 15.0 Å². The average Bonchev–Trinajstić information content (AvgIpc) is 2.78. The van der Waals surface area contributed by atoms with Gasteiger partial charge in [-0.15, -0.1) is 0 Å². The van der Waals surface area contributed by atoms with Crippen LogP contribution in [0.25, 0.3) is 0 Å². The number of hydrogen-bond donors (Lipinski definition) is 4. The van der Waals surface area contributed by atoms with Crippen molar-refractivity contribution < 1.29 is 8.42 Å². The Kier molecular flexibility index (Phi) is 5.21. The molecule has 8 nitrogen and oxygen atoms in total. The van der Waals surface area contributed by atoms with E-state index >= 15 is 0 Å². The van der Waals surface area contributed by atoms with Crippen LogP contribution in [-0.4, -0.2) is 36.5 Å². The van der Waals surface area contributed by atoms with E-state index in [1.54, 1.807) is 0 Å². The van der Waals surface area contributed by atoms with Crippen LogP contribution in [0.1, 0.15) is 51.4 Å². The third kappa shape index (κ3) is 3.96. The van der Waals surface area contributed by atoms with Crippen LogP contribution in [0.5, 0.6) is 0 Å². The fraction of sp³-hybridized carbons (Fsp3) is 0.733. The molecule has 2 saturated carbocycles. The summed E-state index contributed by atoms with van der Waals surface area (Å²) in [7, 11) is -3.95. The lowest BCUT2D eigenvalue weighted by molar-refractivity contribution is 0.235. The molecule has 3 rings (SSSR count). The maximum absolute atomic E-state index is 12.4. The Balaban J connectivity index is 1.64. The summed E-state index contributed by atoms with van der Waals surface area (Å²) in [5.41, 5.74) is -1.63. The zero-order valence-electron chi connectivity index (χ0n) is 13.5. The van der Waals surface area contributed by atoms with Gasteiger partial charge >= 0.3 is 5.69 Å². The summed E-state index contributed by atoms with van der Waals surface area (Å²) < 4.78 is 27.4. The second kappa shape index (κ2) is 7.20. The molecule has 1 heterocycles. The average molecular weight is 356 g/mol. The molecule has 1 aromatic rings. The van der Waals surface area contributed by atoms with Gasteiger partial charge < -0.3 is 10.3 Å². The first kappa shape index (κ1) is 17.4. The molecule has 2 aliphatic carbocycles. The molecule has 2 aliphatic rings. The number of aromatic amines is 2. The highest BCUT2D eigenvalue weighted by Gasteiger charge is 2.36. The molecule has 0 radical (unpaired) electrons. The number of nitrogens with one attached hydrogen (secondary N) is 4. The van der Waals surface area contributed by atoms with Crippen LogP contribution < -0.4 is 21.3 Å². The summed E-state index contributed by atoms with van der Waals surface area (Å²) >= 11 is 0. The number of hydrogen-bond acceptors (Lipinski definition) is 5. The van der Waals surface area contributed by atoms with Gasteiger partial charge in [0.15, 0.2) is 4.90 Å². The highest BCUT2D eigenvalue weighted by Crippen LogP contribution is 2.25. The minimum absolute atomic E-state index is 0.102. The van der Waals surface area contributed by atoms with Gasteiger partial charge in [-0.2, -0.15) is 0 Å². The Morgan fingerprint density at radius 3 is 2.21 bits per heavy atom. The van der Waals surface area contributed by atoms with Crippen LogP contribution in [0.3, 0.4) is 0 Å². The molecule has 0 amide bonds. The molecule has 134 valence electrons. The quantitative estimate of drug-likeness (QED) is 0.561. The molecule has 9 heteroatoms. The molecule has 0 saturated heterocycles. The third-order valence-electron chi connectivity index (χ3n) is 4.96. The molecule has 4 N–H and O–H groups in total. The minimum Gasteiger partial charge on any atom is -0.313 e. The maximum Gasteiger partial charge on any atom is 0.325 e. The Labute approximate surface area is 140 Å². The standard InChI is InChI=1S/C15H24N4O4S/c20-14-13(9-16-15(21)18-14)24(22,23)19-12-8-7-11(12)17-10-5-3-1-2-4-6-10/h9-12,17,19H,1-8H2,(H2,16,18,20,21)/t11-,12+/m0/s1. The lowest BCUT2D eigenvalue weighted by Crippen LogP contribution is -2.59. The normalized spacial score (nSPS) is 25.8. The van der Waals surface area contributed by atoms with Crippen molar-refractivity contribution in [3.05, 3.63) is 27.0 Å². The van der Waals surface area contributed by atoms with E-state index in [-0.39, 0.29) is 12.1 Å². The molecule has 0 spiro atoms. The Morgan fingerprint density at radius 2 is 1.62 bits per heavy atom. The van der Waals surface area contributed by atoms with Crippen LogP contribution >= 0.6 is 0 Å². The van der Waals surface area contributed by atoms with E-state index in [4.69, 9.17) is 0 Å². The van der Waals surface area contributed by atoms with Crippen LogP contribution in [0, 0.1) is 0 Å². The Bertz CT molecular complexity index is 777. The fourth-order valence-electron chi connectivity index (χ4n) is 3.45. The lowest BCUT2D eigenvalue weighted by Gasteiger charge is -2.39. The molecule has 2 fully saturated rings. The smallest absolute Gasteiger partial charge is 0.313 e. The van der Waals surface area contributed by atoms with Crippen molar-refractivity contribution >= 4 is 10.0 Å². The zero-order valence-corrected chi connectivity index (χ0v) is 14.3. The van der Waals surface area contributed by atoms with E-state index in [0.29, 0.717) is 6.04 Å².